The molecule has 0 aliphatic heterocycles. The monoisotopic (exact) mass is 413 g/mol. The zero-order valence-corrected chi connectivity index (χ0v) is 17.8. The van der Waals surface area contributed by atoms with Gasteiger partial charge in [0.1, 0.15) is 0 Å². The molecule has 1 aromatic heterocycles. The van der Waals surface area contributed by atoms with E-state index in [1.807, 2.05) is 96.4 Å². The molecule has 3 aromatic carbocycles. The number of thioether (sulfide) groups is 1. The van der Waals surface area contributed by atoms with E-state index in [9.17, 15) is 4.79 Å². The minimum Gasteiger partial charge on any atom is -0.293 e. The molecule has 1 atom stereocenters. The molecular formula is C25H23N3OS. The Morgan fingerprint density at radius 2 is 1.53 bits per heavy atom. The van der Waals surface area contributed by atoms with Gasteiger partial charge in [-0.25, -0.2) is 0 Å². The number of hydrogen-bond donors (Lipinski definition) is 0. The van der Waals surface area contributed by atoms with Crippen molar-refractivity contribution in [3.05, 3.63) is 96.1 Å². The van der Waals surface area contributed by atoms with Gasteiger partial charge in [-0.1, -0.05) is 91.5 Å². The lowest BCUT2D eigenvalue weighted by molar-refractivity contribution is 0.0994. The Kier molecular flexibility index (Phi) is 6.10. The zero-order valence-electron chi connectivity index (χ0n) is 17.0. The van der Waals surface area contributed by atoms with E-state index in [2.05, 4.69) is 17.1 Å². The van der Waals surface area contributed by atoms with E-state index < -0.39 is 0 Å². The fraction of sp³-hybridized carbons (Fsp3) is 0.160. The molecule has 150 valence electrons. The van der Waals surface area contributed by atoms with Crippen LogP contribution in [0.2, 0.25) is 0 Å². The van der Waals surface area contributed by atoms with Crippen molar-refractivity contribution in [2.45, 2.75) is 30.7 Å². The van der Waals surface area contributed by atoms with Crippen LogP contribution in [0.3, 0.4) is 0 Å². The molecule has 0 amide bonds. The van der Waals surface area contributed by atoms with Crippen molar-refractivity contribution < 1.29 is 4.79 Å². The van der Waals surface area contributed by atoms with Crippen LogP contribution in [0.15, 0.2) is 90.1 Å². The Balaban J connectivity index is 1.67. The van der Waals surface area contributed by atoms with Gasteiger partial charge in [-0.2, -0.15) is 0 Å². The Hall–Kier alpha value is -3.18. The summed E-state index contributed by atoms with van der Waals surface area (Å²) in [7, 11) is 0. The first-order valence-electron chi connectivity index (χ1n) is 10.0. The van der Waals surface area contributed by atoms with Gasteiger partial charge in [0.05, 0.1) is 5.25 Å². The van der Waals surface area contributed by atoms with Gasteiger partial charge in [-0.3, -0.25) is 9.36 Å². The van der Waals surface area contributed by atoms with Crippen molar-refractivity contribution in [1.29, 1.82) is 0 Å². The number of aryl methyl sites for hydroxylation is 1. The number of nitrogens with zero attached hydrogens (tertiary/aromatic N) is 3. The van der Waals surface area contributed by atoms with Crippen molar-refractivity contribution >= 4 is 17.5 Å². The molecule has 0 aliphatic carbocycles. The fourth-order valence-corrected chi connectivity index (χ4v) is 4.23. The predicted octanol–water partition coefficient (Wildman–Crippen LogP) is 5.86. The van der Waals surface area contributed by atoms with Crippen LogP contribution in [0.25, 0.3) is 17.1 Å². The van der Waals surface area contributed by atoms with Crippen molar-refractivity contribution in [2.75, 3.05) is 0 Å². The van der Waals surface area contributed by atoms with E-state index >= 15 is 0 Å². The number of ketones is 1. The van der Waals surface area contributed by atoms with Gasteiger partial charge in [0.15, 0.2) is 16.8 Å². The van der Waals surface area contributed by atoms with E-state index in [-0.39, 0.29) is 11.0 Å². The van der Waals surface area contributed by atoms with Gasteiger partial charge in [0.25, 0.3) is 0 Å². The SMILES string of the molecule is CCc1ccc(C(=O)[C@@H](C)Sc2nnc(-c3ccccc3)n2-c2ccccc2)cc1. The van der Waals surface area contributed by atoms with Gasteiger partial charge in [0, 0.05) is 16.8 Å². The number of para-hydroxylation sites is 1. The Labute approximate surface area is 181 Å². The number of carbonyl (C=O) groups excluding carboxylic acids is 1. The second-order valence-electron chi connectivity index (χ2n) is 7.02. The molecule has 4 rings (SSSR count). The molecule has 30 heavy (non-hydrogen) atoms. The summed E-state index contributed by atoms with van der Waals surface area (Å²) in [5.74, 6) is 0.850. The zero-order chi connectivity index (χ0) is 20.9. The highest BCUT2D eigenvalue weighted by Crippen LogP contribution is 2.31. The van der Waals surface area contributed by atoms with Gasteiger partial charge >= 0.3 is 0 Å². The summed E-state index contributed by atoms with van der Waals surface area (Å²) in [4.78, 5) is 13.0. The Morgan fingerprint density at radius 3 is 2.17 bits per heavy atom. The third kappa shape index (κ3) is 4.21. The van der Waals surface area contributed by atoms with Crippen LogP contribution in [-0.4, -0.2) is 25.8 Å². The van der Waals surface area contributed by atoms with Crippen LogP contribution in [0.1, 0.15) is 29.8 Å². The van der Waals surface area contributed by atoms with Crippen molar-refractivity contribution in [3.63, 3.8) is 0 Å². The lowest BCUT2D eigenvalue weighted by Gasteiger charge is -2.13. The van der Waals surface area contributed by atoms with Crippen molar-refractivity contribution in [2.24, 2.45) is 0 Å². The third-order valence-electron chi connectivity index (χ3n) is 4.98. The van der Waals surface area contributed by atoms with E-state index in [0.717, 1.165) is 29.1 Å². The van der Waals surface area contributed by atoms with Crippen LogP contribution in [-0.2, 0) is 6.42 Å². The topological polar surface area (TPSA) is 47.8 Å². The quantitative estimate of drug-likeness (QED) is 0.281. The molecule has 0 saturated heterocycles. The van der Waals surface area contributed by atoms with Crippen LogP contribution >= 0.6 is 11.8 Å². The summed E-state index contributed by atoms with van der Waals surface area (Å²) >= 11 is 1.43. The summed E-state index contributed by atoms with van der Waals surface area (Å²) in [6.45, 7) is 4.03. The van der Waals surface area contributed by atoms with E-state index in [4.69, 9.17) is 0 Å². The first-order valence-corrected chi connectivity index (χ1v) is 10.9. The van der Waals surface area contributed by atoms with Crippen LogP contribution in [0, 0.1) is 0 Å². The molecule has 0 aliphatic rings. The van der Waals surface area contributed by atoms with Gasteiger partial charge in [0.2, 0.25) is 0 Å². The smallest absolute Gasteiger partial charge is 0.196 e. The molecule has 0 unspecified atom stereocenters. The number of aromatic nitrogens is 3. The lowest BCUT2D eigenvalue weighted by atomic mass is 10.1. The Bertz CT molecular complexity index is 1120. The summed E-state index contributed by atoms with van der Waals surface area (Å²) in [6.07, 6.45) is 0.960. The van der Waals surface area contributed by atoms with Gasteiger partial charge < -0.3 is 0 Å². The first-order chi connectivity index (χ1) is 14.7. The number of benzene rings is 3. The molecule has 0 bridgehead atoms. The van der Waals surface area contributed by atoms with Crippen LogP contribution in [0.4, 0.5) is 0 Å². The minimum atomic E-state index is -0.284. The highest BCUT2D eigenvalue weighted by Gasteiger charge is 2.22. The molecule has 0 N–H and O–H groups in total. The standard InChI is InChI=1S/C25H23N3OS/c1-3-19-14-16-20(17-15-19)23(29)18(2)30-25-27-26-24(21-10-6-4-7-11-21)28(25)22-12-8-5-9-13-22/h4-18H,3H2,1-2H3/t18-/m1/s1. The average molecular weight is 414 g/mol. The molecule has 0 saturated carbocycles. The highest BCUT2D eigenvalue weighted by atomic mass is 32.2. The molecule has 1 heterocycles. The van der Waals surface area contributed by atoms with Crippen molar-refractivity contribution in [1.82, 2.24) is 14.8 Å². The number of hydrogen-bond acceptors (Lipinski definition) is 4. The number of carbonyl (C=O) groups is 1. The maximum Gasteiger partial charge on any atom is 0.196 e. The predicted molar refractivity (Wildman–Crippen MR) is 122 cm³/mol. The molecule has 5 heteroatoms. The molecular weight excluding hydrogens is 390 g/mol. The third-order valence-corrected chi connectivity index (χ3v) is 6.02. The molecule has 4 nitrogen and oxygen atoms in total. The van der Waals surface area contributed by atoms with E-state index in [1.165, 1.54) is 17.3 Å². The lowest BCUT2D eigenvalue weighted by Crippen LogP contribution is -2.14. The average Bonchev–Trinajstić information content (AvgIpc) is 3.23. The minimum absolute atomic E-state index is 0.0894. The first kappa shape index (κ1) is 20.1. The summed E-state index contributed by atoms with van der Waals surface area (Å²) in [5, 5.41) is 9.30. The molecule has 0 fully saturated rings. The number of Topliss-reactive ketones (excluding diaryl/α,β-unsaturated/α-hetero) is 1. The van der Waals surface area contributed by atoms with Crippen LogP contribution in [0.5, 0.6) is 0 Å². The Morgan fingerprint density at radius 1 is 0.900 bits per heavy atom. The largest absolute Gasteiger partial charge is 0.293 e. The summed E-state index contributed by atoms with van der Waals surface area (Å²) in [6, 6.07) is 27.8. The maximum absolute atomic E-state index is 13.0. The second-order valence-corrected chi connectivity index (χ2v) is 8.33. The highest BCUT2D eigenvalue weighted by molar-refractivity contribution is 8.00. The van der Waals surface area contributed by atoms with E-state index in [0.29, 0.717) is 5.16 Å². The summed E-state index contributed by atoms with van der Waals surface area (Å²) in [5.41, 5.74) is 3.90. The maximum atomic E-state index is 13.0. The molecule has 0 spiro atoms. The second kappa shape index (κ2) is 9.09. The van der Waals surface area contributed by atoms with Gasteiger partial charge in [-0.15, -0.1) is 10.2 Å². The van der Waals surface area contributed by atoms with Crippen LogP contribution < -0.4 is 0 Å². The molecule has 0 radical (unpaired) electrons. The normalized spacial score (nSPS) is 11.9. The number of rotatable bonds is 7. The van der Waals surface area contributed by atoms with Crippen molar-refractivity contribution in [3.8, 4) is 17.1 Å². The fourth-order valence-electron chi connectivity index (χ4n) is 3.28. The molecule has 4 aromatic rings. The van der Waals surface area contributed by atoms with Gasteiger partial charge in [-0.05, 0) is 31.0 Å². The van der Waals surface area contributed by atoms with E-state index in [1.54, 1.807) is 0 Å². The summed E-state index contributed by atoms with van der Waals surface area (Å²) < 4.78 is 2.02.